The van der Waals surface area contributed by atoms with Gasteiger partial charge in [-0.3, -0.25) is 0 Å². The Bertz CT molecular complexity index is 31.7. The Hall–Kier alpha value is 0.423. The molecule has 0 aromatic rings. The van der Waals surface area contributed by atoms with Crippen LogP contribution >= 0.6 is 0 Å². The molecule has 0 aliphatic rings. The molecule has 0 saturated carbocycles. The minimum absolute atomic E-state index is 0.792. The zero-order valence-corrected chi connectivity index (χ0v) is 6.85. The van der Waals surface area contributed by atoms with Crippen LogP contribution in [0.1, 0.15) is 0 Å². The first-order valence-electron chi connectivity index (χ1n) is 2.45. The van der Waals surface area contributed by atoms with Crippen molar-refractivity contribution < 1.29 is 0 Å². The third kappa shape index (κ3) is 3.05. The van der Waals surface area contributed by atoms with E-state index >= 15 is 0 Å². The van der Waals surface area contributed by atoms with Crippen molar-refractivity contribution in [1.82, 2.24) is 0 Å². The summed E-state index contributed by atoms with van der Waals surface area (Å²) in [4.78, 5) is 0. The Kier molecular flexibility index (Phi) is 4.86. The molecule has 7 heavy (non-hydrogen) atoms. The summed E-state index contributed by atoms with van der Waals surface area (Å²) in [5, 5.41) is 2.38. The molecular weight excluding hydrogens is 151 g/mol. The number of nitrogens with two attached hydrogens (primary N) is 3. The van der Waals surface area contributed by atoms with E-state index in [-0.39, 0.29) is 0 Å². The molecule has 0 aliphatic heterocycles. The molecule has 3 nitrogen and oxygen atoms in total. The summed E-state index contributed by atoms with van der Waals surface area (Å²) >= 11 is -1.24. The fourth-order valence-corrected chi connectivity index (χ4v) is 1.50. The van der Waals surface area contributed by atoms with Gasteiger partial charge in [-0.2, -0.15) is 0 Å². The Balaban J connectivity index is 2.99. The average molecular weight is 164 g/mol. The van der Waals surface area contributed by atoms with Gasteiger partial charge in [0.25, 0.3) is 0 Å². The minimum atomic E-state index is -1.24. The van der Waals surface area contributed by atoms with Gasteiger partial charge in [-0.25, -0.2) is 0 Å². The van der Waals surface area contributed by atoms with Crippen LogP contribution in [0, 0.1) is 0 Å². The molecule has 0 saturated heterocycles. The summed E-state index contributed by atoms with van der Waals surface area (Å²) in [5.41, 5.74) is 16.0. The van der Waals surface area contributed by atoms with E-state index in [2.05, 4.69) is 0 Å². The molecule has 0 aliphatic carbocycles. The van der Waals surface area contributed by atoms with Gasteiger partial charge in [-0.15, -0.1) is 0 Å². The molecule has 0 heterocycles. The van der Waals surface area contributed by atoms with Crippen LogP contribution in [0.5, 0.6) is 0 Å². The van der Waals surface area contributed by atoms with E-state index in [9.17, 15) is 0 Å². The van der Waals surface area contributed by atoms with E-state index < -0.39 is 14.3 Å². The van der Waals surface area contributed by atoms with Gasteiger partial charge in [0.05, 0.1) is 0 Å². The number of hydrogen-bond acceptors (Lipinski definition) is 3. The van der Waals surface area contributed by atoms with Gasteiger partial charge in [0.1, 0.15) is 0 Å². The van der Waals surface area contributed by atoms with Crippen molar-refractivity contribution in [3.8, 4) is 0 Å². The molecule has 0 aromatic carbocycles. The van der Waals surface area contributed by atoms with Gasteiger partial charge in [-0.1, -0.05) is 0 Å². The molecule has 44 valence electrons. The molecule has 4 heteroatoms. The average Bonchev–Trinajstić information content (AvgIpc) is 1.72. The molecule has 6 N–H and O–H groups in total. The fraction of sp³-hybridized carbons (Fsp3) is 1.00. The Labute approximate surface area is 48.3 Å². The first-order valence-corrected chi connectivity index (χ1v) is 7.59. The van der Waals surface area contributed by atoms with Crippen molar-refractivity contribution in [3.05, 3.63) is 0 Å². The maximum atomic E-state index is 5.32. The SMILES string of the molecule is N[CH2][GeH]([CH2]N)[CH2]N. The second-order valence-electron chi connectivity index (χ2n) is 1.57. The second-order valence-corrected chi connectivity index (χ2v) is 8.17. The molecule has 0 radical (unpaired) electrons. The van der Waals surface area contributed by atoms with Crippen LogP contribution in [0.3, 0.4) is 0 Å². The summed E-state index contributed by atoms with van der Waals surface area (Å²) in [5.74, 6) is 0. The summed E-state index contributed by atoms with van der Waals surface area (Å²) < 4.78 is 0. The van der Waals surface area contributed by atoms with Crippen molar-refractivity contribution in [3.63, 3.8) is 0 Å². The predicted octanol–water partition coefficient (Wildman–Crippen LogP) is -2.29. The molecule has 0 atom stereocenters. The third-order valence-electron chi connectivity index (χ3n) is 1.00. The van der Waals surface area contributed by atoms with E-state index in [0.29, 0.717) is 0 Å². The first-order chi connectivity index (χ1) is 3.35. The van der Waals surface area contributed by atoms with Crippen molar-refractivity contribution in [2.24, 2.45) is 17.2 Å². The van der Waals surface area contributed by atoms with Crippen molar-refractivity contribution in [1.29, 1.82) is 0 Å². The fourth-order valence-electron chi connectivity index (χ4n) is 0.289. The summed E-state index contributed by atoms with van der Waals surface area (Å²) in [7, 11) is 0. The number of rotatable bonds is 3. The van der Waals surface area contributed by atoms with Crippen LogP contribution < -0.4 is 17.2 Å². The molecule has 0 unspecified atom stereocenters. The molecular formula is C3H13GeN3. The van der Waals surface area contributed by atoms with Crippen LogP contribution in [0.4, 0.5) is 0 Å². The van der Waals surface area contributed by atoms with Crippen LogP contribution in [-0.4, -0.2) is 30.5 Å². The molecule has 0 bridgehead atoms. The Morgan fingerprint density at radius 2 is 1.14 bits per heavy atom. The summed E-state index contributed by atoms with van der Waals surface area (Å²) in [6.45, 7) is 0. The number of hydrogen-bond donors (Lipinski definition) is 3. The van der Waals surface area contributed by atoms with E-state index in [1.165, 1.54) is 0 Å². The van der Waals surface area contributed by atoms with Gasteiger partial charge >= 0.3 is 47.7 Å². The first kappa shape index (κ1) is 7.42. The second kappa shape index (κ2) is 4.58. The van der Waals surface area contributed by atoms with Crippen LogP contribution in [0.25, 0.3) is 0 Å². The topological polar surface area (TPSA) is 78.1 Å². The molecule has 0 amide bonds. The van der Waals surface area contributed by atoms with Crippen molar-refractivity contribution in [2.75, 3.05) is 16.1 Å². The van der Waals surface area contributed by atoms with E-state index in [0.717, 1.165) is 16.1 Å². The molecule has 0 spiro atoms. The van der Waals surface area contributed by atoms with Crippen molar-refractivity contribution in [2.45, 2.75) is 0 Å². The van der Waals surface area contributed by atoms with Gasteiger partial charge < -0.3 is 0 Å². The van der Waals surface area contributed by atoms with E-state index in [1.54, 1.807) is 0 Å². The predicted molar refractivity (Wildman–Crippen MR) is 34.3 cm³/mol. The van der Waals surface area contributed by atoms with Crippen LogP contribution in [-0.2, 0) is 0 Å². The zero-order chi connectivity index (χ0) is 5.70. The summed E-state index contributed by atoms with van der Waals surface area (Å²) in [6.07, 6.45) is 0. The monoisotopic (exact) mass is 165 g/mol. The van der Waals surface area contributed by atoms with Crippen LogP contribution in [0.15, 0.2) is 0 Å². The van der Waals surface area contributed by atoms with E-state index in [4.69, 9.17) is 17.2 Å². The molecule has 0 rings (SSSR count). The zero-order valence-electron chi connectivity index (χ0n) is 4.43. The van der Waals surface area contributed by atoms with Gasteiger partial charge in [0, 0.05) is 0 Å². The van der Waals surface area contributed by atoms with Crippen LogP contribution in [0.2, 0.25) is 0 Å². The molecule has 0 fully saturated rings. The van der Waals surface area contributed by atoms with Crippen molar-refractivity contribution >= 4 is 14.3 Å². The normalized spacial score (nSPS) is 10.3. The molecule has 0 aromatic heterocycles. The Morgan fingerprint density at radius 1 is 0.857 bits per heavy atom. The van der Waals surface area contributed by atoms with Gasteiger partial charge in [-0.05, 0) is 0 Å². The van der Waals surface area contributed by atoms with E-state index in [1.807, 2.05) is 0 Å². The maximum absolute atomic E-state index is 5.32. The summed E-state index contributed by atoms with van der Waals surface area (Å²) in [6, 6.07) is 0. The standard InChI is InChI=1S/C3H13GeN3/c5-1-4(2-6)3-7/h4H,1-3,5-7H2. The van der Waals surface area contributed by atoms with Gasteiger partial charge in [0.2, 0.25) is 0 Å². The quantitative estimate of drug-likeness (QED) is 0.410. The van der Waals surface area contributed by atoms with Gasteiger partial charge in [0.15, 0.2) is 0 Å². The Morgan fingerprint density at radius 3 is 1.14 bits per heavy atom. The third-order valence-corrected chi connectivity index (χ3v) is 5.20.